The Morgan fingerprint density at radius 1 is 1.33 bits per heavy atom. The normalized spacial score (nSPS) is 29.0. The van der Waals surface area contributed by atoms with E-state index < -0.39 is 0 Å². The largest absolute Gasteiger partial charge is 0.396 e. The third-order valence-corrected chi connectivity index (χ3v) is 3.14. The lowest BCUT2D eigenvalue weighted by atomic mass is 10.0. The van der Waals surface area contributed by atoms with Crippen LogP contribution in [0.1, 0.15) is 19.3 Å². The van der Waals surface area contributed by atoms with E-state index in [-0.39, 0.29) is 6.29 Å². The summed E-state index contributed by atoms with van der Waals surface area (Å²) in [6.07, 6.45) is 3.47. The fourth-order valence-corrected chi connectivity index (χ4v) is 2.13. The van der Waals surface area contributed by atoms with Crippen LogP contribution < -0.4 is 0 Å². The Hall–Kier alpha value is -0.160. The van der Waals surface area contributed by atoms with E-state index in [4.69, 9.17) is 14.6 Å². The SMILES string of the molecule is OCC1CN(CCOC2CCCCO2)C1. The van der Waals surface area contributed by atoms with Gasteiger partial charge in [0.1, 0.15) is 0 Å². The van der Waals surface area contributed by atoms with Crippen molar-refractivity contribution in [2.75, 3.05) is 39.5 Å². The second-order valence-electron chi connectivity index (χ2n) is 4.48. The first-order chi connectivity index (χ1) is 7.38. The summed E-state index contributed by atoms with van der Waals surface area (Å²) in [6, 6.07) is 0. The van der Waals surface area contributed by atoms with Gasteiger partial charge in [0, 0.05) is 38.8 Å². The molecule has 15 heavy (non-hydrogen) atoms. The molecule has 0 amide bonds. The van der Waals surface area contributed by atoms with Gasteiger partial charge in [-0.2, -0.15) is 0 Å². The van der Waals surface area contributed by atoms with E-state index in [0.717, 1.165) is 39.3 Å². The van der Waals surface area contributed by atoms with Gasteiger partial charge in [0.05, 0.1) is 6.61 Å². The highest BCUT2D eigenvalue weighted by Crippen LogP contribution is 2.16. The molecule has 2 rings (SSSR count). The first-order valence-electron chi connectivity index (χ1n) is 5.95. The van der Waals surface area contributed by atoms with E-state index in [9.17, 15) is 0 Å². The van der Waals surface area contributed by atoms with E-state index >= 15 is 0 Å². The zero-order valence-corrected chi connectivity index (χ0v) is 9.23. The Bertz CT molecular complexity index is 177. The third-order valence-electron chi connectivity index (χ3n) is 3.14. The molecule has 0 aromatic carbocycles. The lowest BCUT2D eigenvalue weighted by Gasteiger charge is -2.38. The van der Waals surface area contributed by atoms with Crippen LogP contribution in [0.3, 0.4) is 0 Å². The quantitative estimate of drug-likeness (QED) is 0.723. The van der Waals surface area contributed by atoms with E-state index in [2.05, 4.69) is 4.90 Å². The number of nitrogens with zero attached hydrogens (tertiary/aromatic N) is 1. The van der Waals surface area contributed by atoms with Crippen molar-refractivity contribution < 1.29 is 14.6 Å². The van der Waals surface area contributed by atoms with Crippen LogP contribution in [0.2, 0.25) is 0 Å². The van der Waals surface area contributed by atoms with Gasteiger partial charge in [-0.3, -0.25) is 0 Å². The number of rotatable bonds is 5. The number of aliphatic hydroxyl groups is 1. The van der Waals surface area contributed by atoms with Crippen LogP contribution in [0.15, 0.2) is 0 Å². The fraction of sp³-hybridized carbons (Fsp3) is 1.00. The summed E-state index contributed by atoms with van der Waals surface area (Å²) in [4.78, 5) is 2.31. The highest BCUT2D eigenvalue weighted by Gasteiger charge is 2.25. The van der Waals surface area contributed by atoms with Crippen LogP contribution in [-0.4, -0.2) is 55.8 Å². The van der Waals surface area contributed by atoms with Gasteiger partial charge < -0.3 is 19.5 Å². The van der Waals surface area contributed by atoms with Crippen LogP contribution in [-0.2, 0) is 9.47 Å². The van der Waals surface area contributed by atoms with Gasteiger partial charge in [0.2, 0.25) is 0 Å². The number of hydrogen-bond donors (Lipinski definition) is 1. The molecule has 4 heteroatoms. The van der Waals surface area contributed by atoms with Crippen molar-refractivity contribution in [3.05, 3.63) is 0 Å². The van der Waals surface area contributed by atoms with Crippen molar-refractivity contribution in [1.82, 2.24) is 4.90 Å². The Labute approximate surface area is 91.2 Å². The molecule has 0 aromatic rings. The molecule has 0 spiro atoms. The van der Waals surface area contributed by atoms with Crippen molar-refractivity contribution in [1.29, 1.82) is 0 Å². The average molecular weight is 215 g/mol. The summed E-state index contributed by atoms with van der Waals surface area (Å²) in [5, 5.41) is 8.86. The molecule has 2 fully saturated rings. The number of likely N-dealkylation sites (tertiary alicyclic amines) is 1. The molecule has 2 heterocycles. The average Bonchev–Trinajstić information content (AvgIpc) is 2.23. The Balaban J connectivity index is 1.48. The summed E-state index contributed by atoms with van der Waals surface area (Å²) < 4.78 is 11.1. The molecular weight excluding hydrogens is 194 g/mol. The minimum absolute atomic E-state index is 0.0358. The summed E-state index contributed by atoms with van der Waals surface area (Å²) in [5.41, 5.74) is 0. The molecule has 88 valence electrons. The molecule has 0 saturated carbocycles. The Morgan fingerprint density at radius 2 is 2.20 bits per heavy atom. The van der Waals surface area contributed by atoms with Crippen molar-refractivity contribution in [2.45, 2.75) is 25.6 Å². The van der Waals surface area contributed by atoms with Gasteiger partial charge in [-0.15, -0.1) is 0 Å². The van der Waals surface area contributed by atoms with Crippen molar-refractivity contribution in [3.63, 3.8) is 0 Å². The fourth-order valence-electron chi connectivity index (χ4n) is 2.13. The van der Waals surface area contributed by atoms with Gasteiger partial charge in [-0.25, -0.2) is 0 Å². The second-order valence-corrected chi connectivity index (χ2v) is 4.48. The van der Waals surface area contributed by atoms with E-state index in [0.29, 0.717) is 12.5 Å². The molecule has 1 unspecified atom stereocenters. The first kappa shape index (κ1) is 11.3. The number of aliphatic hydroxyl groups excluding tert-OH is 1. The minimum atomic E-state index is 0.0358. The van der Waals surface area contributed by atoms with E-state index in [1.807, 2.05) is 0 Å². The molecule has 4 nitrogen and oxygen atoms in total. The maximum absolute atomic E-state index is 8.86. The molecule has 0 bridgehead atoms. The van der Waals surface area contributed by atoms with Gasteiger partial charge in [-0.1, -0.05) is 0 Å². The Morgan fingerprint density at radius 3 is 2.87 bits per heavy atom. The van der Waals surface area contributed by atoms with Crippen LogP contribution in [0.25, 0.3) is 0 Å². The summed E-state index contributed by atoms with van der Waals surface area (Å²) in [6.45, 7) is 4.93. The standard InChI is InChI=1S/C11H21NO3/c13-9-10-7-12(8-10)4-6-15-11-3-1-2-5-14-11/h10-11,13H,1-9H2. The topological polar surface area (TPSA) is 41.9 Å². The lowest BCUT2D eigenvalue weighted by Crippen LogP contribution is -2.49. The smallest absolute Gasteiger partial charge is 0.157 e. The van der Waals surface area contributed by atoms with Crippen LogP contribution in [0.4, 0.5) is 0 Å². The van der Waals surface area contributed by atoms with Crippen LogP contribution in [0, 0.1) is 5.92 Å². The Kier molecular flexibility index (Phi) is 4.38. The molecule has 0 aromatic heterocycles. The lowest BCUT2D eigenvalue weighted by molar-refractivity contribution is -0.166. The minimum Gasteiger partial charge on any atom is -0.396 e. The molecule has 1 atom stereocenters. The molecule has 2 aliphatic rings. The zero-order valence-electron chi connectivity index (χ0n) is 9.23. The maximum atomic E-state index is 8.86. The van der Waals surface area contributed by atoms with Gasteiger partial charge in [0.15, 0.2) is 6.29 Å². The predicted octanol–water partition coefficient (Wildman–Crippen LogP) is 0.454. The highest BCUT2D eigenvalue weighted by molar-refractivity contribution is 4.78. The first-order valence-corrected chi connectivity index (χ1v) is 5.95. The molecular formula is C11H21NO3. The van der Waals surface area contributed by atoms with Crippen LogP contribution >= 0.6 is 0 Å². The predicted molar refractivity (Wildman–Crippen MR) is 56.6 cm³/mol. The third kappa shape index (κ3) is 3.41. The molecule has 0 aliphatic carbocycles. The van der Waals surface area contributed by atoms with E-state index in [1.54, 1.807) is 0 Å². The van der Waals surface area contributed by atoms with Gasteiger partial charge in [0.25, 0.3) is 0 Å². The second kappa shape index (κ2) is 5.80. The summed E-state index contributed by atoms with van der Waals surface area (Å²) in [5.74, 6) is 0.496. The summed E-state index contributed by atoms with van der Waals surface area (Å²) in [7, 11) is 0. The van der Waals surface area contributed by atoms with Gasteiger partial charge in [-0.05, 0) is 19.3 Å². The van der Waals surface area contributed by atoms with Crippen molar-refractivity contribution in [2.24, 2.45) is 5.92 Å². The highest BCUT2D eigenvalue weighted by atomic mass is 16.7. The maximum Gasteiger partial charge on any atom is 0.157 e. The molecule has 2 aliphatic heterocycles. The van der Waals surface area contributed by atoms with Gasteiger partial charge >= 0.3 is 0 Å². The molecule has 2 saturated heterocycles. The van der Waals surface area contributed by atoms with Crippen molar-refractivity contribution in [3.8, 4) is 0 Å². The molecule has 0 radical (unpaired) electrons. The van der Waals surface area contributed by atoms with Crippen molar-refractivity contribution >= 4 is 0 Å². The molecule has 1 N–H and O–H groups in total. The number of ether oxygens (including phenoxy) is 2. The number of hydrogen-bond acceptors (Lipinski definition) is 4. The monoisotopic (exact) mass is 215 g/mol. The van der Waals surface area contributed by atoms with Crippen LogP contribution in [0.5, 0.6) is 0 Å². The van der Waals surface area contributed by atoms with E-state index in [1.165, 1.54) is 12.8 Å². The zero-order chi connectivity index (χ0) is 10.5. The summed E-state index contributed by atoms with van der Waals surface area (Å²) >= 11 is 0.